The largest absolute Gasteiger partial charge is 0.493 e. The molecule has 0 aliphatic rings. The van der Waals surface area contributed by atoms with Gasteiger partial charge in [-0.25, -0.2) is 0 Å². The van der Waals surface area contributed by atoms with Crippen LogP contribution < -0.4 is 14.8 Å². The average Bonchev–Trinajstić information content (AvgIpc) is 2.83. The second kappa shape index (κ2) is 7.29. The van der Waals surface area contributed by atoms with Gasteiger partial charge in [0.05, 0.1) is 14.2 Å². The third-order valence-electron chi connectivity index (χ3n) is 3.46. The zero-order valence-corrected chi connectivity index (χ0v) is 15.1. The molecule has 1 N–H and O–H groups in total. The van der Waals surface area contributed by atoms with Crippen LogP contribution in [-0.2, 0) is 6.42 Å². The van der Waals surface area contributed by atoms with Crippen molar-refractivity contribution >= 4 is 27.3 Å². The van der Waals surface area contributed by atoms with E-state index in [0.717, 1.165) is 17.9 Å². The molecular weight excluding hydrogens is 350 g/mol. The van der Waals surface area contributed by atoms with Crippen molar-refractivity contribution in [2.75, 3.05) is 21.3 Å². The maximum absolute atomic E-state index is 5.37. The number of nitrogens with one attached hydrogen (secondary N) is 1. The first-order chi connectivity index (χ1) is 10.1. The van der Waals surface area contributed by atoms with Crippen LogP contribution in [0.25, 0.3) is 0 Å². The zero-order chi connectivity index (χ0) is 15.4. The summed E-state index contributed by atoms with van der Waals surface area (Å²) in [5.74, 6) is 1.53. The molecule has 21 heavy (non-hydrogen) atoms. The molecule has 1 unspecified atom stereocenters. The number of aryl methyl sites for hydroxylation is 1. The van der Waals surface area contributed by atoms with Crippen LogP contribution in [0.4, 0.5) is 0 Å². The van der Waals surface area contributed by atoms with Crippen molar-refractivity contribution in [1.82, 2.24) is 5.32 Å². The van der Waals surface area contributed by atoms with Crippen LogP contribution in [0.5, 0.6) is 11.5 Å². The molecule has 0 aliphatic carbocycles. The Balaban J connectivity index is 2.22. The van der Waals surface area contributed by atoms with E-state index >= 15 is 0 Å². The molecule has 2 rings (SSSR count). The van der Waals surface area contributed by atoms with Crippen molar-refractivity contribution in [3.05, 3.63) is 44.1 Å². The van der Waals surface area contributed by atoms with Gasteiger partial charge in [0.2, 0.25) is 0 Å². The third-order valence-corrected chi connectivity index (χ3v) is 5.71. The summed E-state index contributed by atoms with van der Waals surface area (Å²) in [4.78, 5) is 2.63. The molecule has 0 aliphatic heterocycles. The van der Waals surface area contributed by atoms with Gasteiger partial charge in [-0.1, -0.05) is 6.07 Å². The van der Waals surface area contributed by atoms with Crippen molar-refractivity contribution in [2.24, 2.45) is 0 Å². The van der Waals surface area contributed by atoms with E-state index in [1.54, 1.807) is 14.2 Å². The topological polar surface area (TPSA) is 30.5 Å². The summed E-state index contributed by atoms with van der Waals surface area (Å²) in [6, 6.07) is 8.57. The van der Waals surface area contributed by atoms with E-state index in [9.17, 15) is 0 Å². The monoisotopic (exact) mass is 369 g/mol. The minimum absolute atomic E-state index is 0.290. The van der Waals surface area contributed by atoms with Crippen LogP contribution in [0.15, 0.2) is 28.7 Å². The summed E-state index contributed by atoms with van der Waals surface area (Å²) in [5, 5.41) is 3.39. The van der Waals surface area contributed by atoms with Gasteiger partial charge in [0.15, 0.2) is 11.5 Å². The lowest BCUT2D eigenvalue weighted by molar-refractivity contribution is 0.354. The highest BCUT2D eigenvalue weighted by atomic mass is 79.9. The molecule has 3 nitrogen and oxygen atoms in total. The number of halogens is 1. The first kappa shape index (κ1) is 16.3. The highest BCUT2D eigenvalue weighted by Gasteiger charge is 2.15. The SMILES string of the molecule is CNC(Cc1ccc(OC)c(OC)c1)c1cc(Br)c(C)s1. The number of benzene rings is 1. The molecule has 0 saturated carbocycles. The minimum Gasteiger partial charge on any atom is -0.493 e. The molecule has 1 aromatic carbocycles. The highest BCUT2D eigenvalue weighted by molar-refractivity contribution is 9.10. The molecule has 0 bridgehead atoms. The van der Waals surface area contributed by atoms with Gasteiger partial charge >= 0.3 is 0 Å². The van der Waals surface area contributed by atoms with Gasteiger partial charge in [-0.05, 0) is 60.1 Å². The molecule has 1 heterocycles. The molecule has 5 heteroatoms. The lowest BCUT2D eigenvalue weighted by Gasteiger charge is -2.16. The van der Waals surface area contributed by atoms with Gasteiger partial charge in [0, 0.05) is 20.3 Å². The smallest absolute Gasteiger partial charge is 0.160 e. The highest BCUT2D eigenvalue weighted by Crippen LogP contribution is 2.33. The summed E-state index contributed by atoms with van der Waals surface area (Å²) < 4.78 is 11.8. The summed E-state index contributed by atoms with van der Waals surface area (Å²) in [6.07, 6.45) is 0.906. The number of likely N-dealkylation sites (N-methyl/N-ethyl adjacent to an activating group) is 1. The molecule has 0 amide bonds. The van der Waals surface area contributed by atoms with E-state index in [0.29, 0.717) is 0 Å². The second-order valence-electron chi connectivity index (χ2n) is 4.79. The maximum Gasteiger partial charge on any atom is 0.160 e. The standard InChI is InChI=1S/C16H20BrNO2S/c1-10-12(17)9-16(21-10)13(18-2)7-11-5-6-14(19-3)15(8-11)20-4/h5-6,8-9,13,18H,7H2,1-4H3. The second-order valence-corrected chi connectivity index (χ2v) is 6.93. The predicted octanol–water partition coefficient (Wildman–Crippen LogP) is 4.34. The third kappa shape index (κ3) is 3.78. The van der Waals surface area contributed by atoms with Gasteiger partial charge < -0.3 is 14.8 Å². The Morgan fingerprint density at radius 3 is 2.43 bits per heavy atom. The van der Waals surface area contributed by atoms with Crippen LogP contribution in [0.1, 0.15) is 21.4 Å². The predicted molar refractivity (Wildman–Crippen MR) is 91.8 cm³/mol. The Hall–Kier alpha value is -1.04. The van der Waals surface area contributed by atoms with Crippen molar-refractivity contribution in [1.29, 1.82) is 0 Å². The van der Waals surface area contributed by atoms with Crippen LogP contribution in [0.2, 0.25) is 0 Å². The van der Waals surface area contributed by atoms with E-state index < -0.39 is 0 Å². The lowest BCUT2D eigenvalue weighted by atomic mass is 10.0. The fraction of sp³-hybridized carbons (Fsp3) is 0.375. The van der Waals surface area contributed by atoms with Crippen molar-refractivity contribution < 1.29 is 9.47 Å². The Labute approximate surface area is 138 Å². The molecule has 114 valence electrons. The molecule has 0 saturated heterocycles. The zero-order valence-electron chi connectivity index (χ0n) is 12.7. The van der Waals surface area contributed by atoms with E-state index in [1.165, 1.54) is 19.8 Å². The first-order valence-electron chi connectivity index (χ1n) is 6.73. The van der Waals surface area contributed by atoms with Gasteiger partial charge in [-0.3, -0.25) is 0 Å². The van der Waals surface area contributed by atoms with Crippen LogP contribution in [0.3, 0.4) is 0 Å². The molecule has 0 fully saturated rings. The van der Waals surface area contributed by atoms with E-state index in [4.69, 9.17) is 9.47 Å². The Morgan fingerprint density at radius 1 is 1.19 bits per heavy atom. The summed E-state index contributed by atoms with van der Waals surface area (Å²) in [7, 11) is 5.31. The molecule has 2 aromatic rings. The summed E-state index contributed by atoms with van der Waals surface area (Å²) >= 11 is 5.41. The van der Waals surface area contributed by atoms with Crippen molar-refractivity contribution in [2.45, 2.75) is 19.4 Å². The van der Waals surface area contributed by atoms with Gasteiger partial charge in [-0.2, -0.15) is 0 Å². The van der Waals surface area contributed by atoms with Crippen LogP contribution in [0, 0.1) is 6.92 Å². The maximum atomic E-state index is 5.37. The number of methoxy groups -OCH3 is 2. The summed E-state index contributed by atoms with van der Waals surface area (Å²) in [6.45, 7) is 2.13. The number of hydrogen-bond donors (Lipinski definition) is 1. The summed E-state index contributed by atoms with van der Waals surface area (Å²) in [5.41, 5.74) is 1.22. The number of ether oxygens (including phenoxy) is 2. The van der Waals surface area contributed by atoms with Gasteiger partial charge in [-0.15, -0.1) is 11.3 Å². The lowest BCUT2D eigenvalue weighted by Crippen LogP contribution is -2.17. The van der Waals surface area contributed by atoms with Crippen LogP contribution >= 0.6 is 27.3 Å². The van der Waals surface area contributed by atoms with Crippen molar-refractivity contribution in [3.63, 3.8) is 0 Å². The average molecular weight is 370 g/mol. The quantitative estimate of drug-likeness (QED) is 0.821. The number of hydrogen-bond acceptors (Lipinski definition) is 4. The Morgan fingerprint density at radius 2 is 1.90 bits per heavy atom. The first-order valence-corrected chi connectivity index (χ1v) is 8.34. The van der Waals surface area contributed by atoms with Gasteiger partial charge in [0.25, 0.3) is 0 Å². The fourth-order valence-electron chi connectivity index (χ4n) is 2.24. The van der Waals surface area contributed by atoms with E-state index in [-0.39, 0.29) is 6.04 Å². The molecule has 1 atom stereocenters. The Bertz CT molecular complexity index is 593. The molecule has 1 aromatic heterocycles. The normalized spacial score (nSPS) is 12.2. The van der Waals surface area contributed by atoms with Crippen LogP contribution in [-0.4, -0.2) is 21.3 Å². The number of rotatable bonds is 6. The van der Waals surface area contributed by atoms with Gasteiger partial charge in [0.1, 0.15) is 0 Å². The molecule has 0 spiro atoms. The van der Waals surface area contributed by atoms with E-state index in [2.05, 4.69) is 40.3 Å². The Kier molecular flexibility index (Phi) is 5.67. The number of thiophene rings is 1. The fourth-order valence-corrected chi connectivity index (χ4v) is 3.91. The van der Waals surface area contributed by atoms with E-state index in [1.807, 2.05) is 30.5 Å². The molecule has 0 radical (unpaired) electrons. The van der Waals surface area contributed by atoms with Crippen molar-refractivity contribution in [3.8, 4) is 11.5 Å². The molecular formula is C16H20BrNO2S. The minimum atomic E-state index is 0.290.